The number of nitrogens with zero attached hydrogens (tertiary/aromatic N) is 2. The van der Waals surface area contributed by atoms with Crippen molar-refractivity contribution in [3.05, 3.63) is 18.4 Å². The van der Waals surface area contributed by atoms with E-state index in [0.717, 1.165) is 44.9 Å². The fraction of sp³-hybridized carbons (Fsp3) is 0.692. The summed E-state index contributed by atoms with van der Waals surface area (Å²) < 4.78 is 10.1. The van der Waals surface area contributed by atoms with Crippen LogP contribution >= 0.6 is 0 Å². The van der Waals surface area contributed by atoms with Crippen molar-refractivity contribution in [3.63, 3.8) is 0 Å². The number of aromatic nitrogens is 1. The first-order valence-electron chi connectivity index (χ1n) is 6.48. The summed E-state index contributed by atoms with van der Waals surface area (Å²) in [6.07, 6.45) is 7.22. The minimum Gasteiger partial charge on any atom is -0.438 e. The lowest BCUT2D eigenvalue weighted by Gasteiger charge is -2.31. The van der Waals surface area contributed by atoms with Crippen LogP contribution in [0.3, 0.4) is 0 Å². The highest BCUT2D eigenvalue weighted by atomic mass is 16.5. The highest BCUT2D eigenvalue weighted by Gasteiger charge is 2.24. The van der Waals surface area contributed by atoms with Crippen molar-refractivity contribution in [2.75, 3.05) is 26.8 Å². The van der Waals surface area contributed by atoms with Gasteiger partial charge in [-0.3, -0.25) is 4.79 Å². The van der Waals surface area contributed by atoms with E-state index >= 15 is 0 Å². The van der Waals surface area contributed by atoms with Crippen LogP contribution in [0.4, 0.5) is 0 Å². The molecule has 0 atom stereocenters. The first-order chi connectivity index (χ1) is 8.81. The summed E-state index contributed by atoms with van der Waals surface area (Å²) in [7, 11) is 1.73. The number of amides is 1. The Morgan fingerprint density at radius 3 is 2.94 bits per heavy atom. The third-order valence-electron chi connectivity index (χ3n) is 3.51. The maximum absolute atomic E-state index is 12.0. The number of carbonyl (C=O) groups is 1. The van der Waals surface area contributed by atoms with Gasteiger partial charge in [-0.2, -0.15) is 0 Å². The Balaban J connectivity index is 1.75. The largest absolute Gasteiger partial charge is 0.438 e. The molecule has 1 aromatic heterocycles. The normalized spacial score (nSPS) is 17.1. The molecule has 100 valence electrons. The van der Waals surface area contributed by atoms with E-state index in [-0.39, 0.29) is 5.91 Å². The van der Waals surface area contributed by atoms with Crippen molar-refractivity contribution in [2.24, 2.45) is 5.92 Å². The minimum absolute atomic E-state index is 0.0390. The van der Waals surface area contributed by atoms with Crippen LogP contribution in [0.25, 0.3) is 0 Å². The fourth-order valence-corrected chi connectivity index (χ4v) is 2.42. The monoisotopic (exact) mass is 252 g/mol. The van der Waals surface area contributed by atoms with Crippen LogP contribution < -0.4 is 0 Å². The van der Waals surface area contributed by atoms with Crippen molar-refractivity contribution >= 4 is 5.91 Å². The van der Waals surface area contributed by atoms with E-state index in [4.69, 9.17) is 9.15 Å². The quantitative estimate of drug-likeness (QED) is 0.752. The van der Waals surface area contributed by atoms with Crippen molar-refractivity contribution in [2.45, 2.75) is 25.7 Å². The third kappa shape index (κ3) is 3.32. The maximum Gasteiger partial charge on any atom is 0.291 e. The molecule has 18 heavy (non-hydrogen) atoms. The smallest absolute Gasteiger partial charge is 0.291 e. The average molecular weight is 252 g/mol. The van der Waals surface area contributed by atoms with Crippen LogP contribution in [0, 0.1) is 5.92 Å². The standard InChI is InChI=1S/C13H20N2O3/c1-17-8-2-3-11-4-6-15(7-5-11)13(16)12-9-14-10-18-12/h9-11H,2-8H2,1H3. The summed E-state index contributed by atoms with van der Waals surface area (Å²) in [5, 5.41) is 0. The zero-order chi connectivity index (χ0) is 12.8. The second-order valence-electron chi connectivity index (χ2n) is 4.74. The van der Waals surface area contributed by atoms with Gasteiger partial charge in [0.1, 0.15) is 0 Å². The average Bonchev–Trinajstić information content (AvgIpc) is 2.93. The number of likely N-dealkylation sites (tertiary alicyclic amines) is 1. The summed E-state index contributed by atoms with van der Waals surface area (Å²) >= 11 is 0. The molecule has 1 aliphatic rings. The van der Waals surface area contributed by atoms with E-state index in [1.807, 2.05) is 4.90 Å². The van der Waals surface area contributed by atoms with Gasteiger partial charge in [0, 0.05) is 26.8 Å². The molecule has 0 N–H and O–H groups in total. The Morgan fingerprint density at radius 1 is 1.56 bits per heavy atom. The lowest BCUT2D eigenvalue weighted by molar-refractivity contribution is 0.0649. The Labute approximate surface area is 107 Å². The molecule has 5 heteroatoms. The van der Waals surface area contributed by atoms with Gasteiger partial charge in [-0.05, 0) is 31.6 Å². The molecule has 1 aliphatic heterocycles. The number of hydrogen-bond donors (Lipinski definition) is 0. The predicted molar refractivity (Wildman–Crippen MR) is 66.2 cm³/mol. The SMILES string of the molecule is COCCCC1CCN(C(=O)c2cnco2)CC1. The summed E-state index contributed by atoms with van der Waals surface area (Å²) in [5.74, 6) is 1.02. The van der Waals surface area contributed by atoms with Gasteiger partial charge in [0.15, 0.2) is 6.39 Å². The molecule has 0 bridgehead atoms. The summed E-state index contributed by atoms with van der Waals surface area (Å²) in [4.78, 5) is 17.6. The Bertz CT molecular complexity index is 356. The number of rotatable bonds is 5. The molecule has 5 nitrogen and oxygen atoms in total. The summed E-state index contributed by atoms with van der Waals surface area (Å²) in [5.41, 5.74) is 0. The lowest BCUT2D eigenvalue weighted by atomic mass is 9.92. The van der Waals surface area contributed by atoms with Gasteiger partial charge < -0.3 is 14.1 Å². The Morgan fingerprint density at radius 2 is 2.33 bits per heavy atom. The van der Waals surface area contributed by atoms with E-state index in [9.17, 15) is 4.79 Å². The van der Waals surface area contributed by atoms with Crippen molar-refractivity contribution < 1.29 is 13.9 Å². The second kappa shape index (κ2) is 6.54. The van der Waals surface area contributed by atoms with Crippen molar-refractivity contribution in [3.8, 4) is 0 Å². The first kappa shape index (κ1) is 13.1. The molecule has 0 aromatic carbocycles. The second-order valence-corrected chi connectivity index (χ2v) is 4.74. The van der Waals surface area contributed by atoms with Gasteiger partial charge >= 0.3 is 0 Å². The number of methoxy groups -OCH3 is 1. The zero-order valence-electron chi connectivity index (χ0n) is 10.8. The molecule has 0 saturated carbocycles. The van der Waals surface area contributed by atoms with Crippen LogP contribution in [0.15, 0.2) is 17.0 Å². The van der Waals surface area contributed by atoms with E-state index in [2.05, 4.69) is 4.98 Å². The molecule has 1 amide bonds. The van der Waals surface area contributed by atoms with Gasteiger partial charge in [0.25, 0.3) is 5.91 Å². The van der Waals surface area contributed by atoms with E-state index in [0.29, 0.717) is 5.76 Å². The third-order valence-corrected chi connectivity index (χ3v) is 3.51. The van der Waals surface area contributed by atoms with Crippen molar-refractivity contribution in [1.82, 2.24) is 9.88 Å². The number of ether oxygens (including phenoxy) is 1. The molecule has 0 aliphatic carbocycles. The summed E-state index contributed by atoms with van der Waals surface area (Å²) in [6.45, 7) is 2.46. The molecular weight excluding hydrogens is 232 g/mol. The van der Waals surface area contributed by atoms with Crippen LogP contribution in [-0.4, -0.2) is 42.6 Å². The molecule has 0 spiro atoms. The molecule has 0 radical (unpaired) electrons. The number of hydrogen-bond acceptors (Lipinski definition) is 4. The van der Waals surface area contributed by atoms with Crippen LogP contribution in [0.5, 0.6) is 0 Å². The van der Waals surface area contributed by atoms with Gasteiger partial charge in [0.2, 0.25) is 5.76 Å². The highest BCUT2D eigenvalue weighted by molar-refractivity contribution is 5.91. The van der Waals surface area contributed by atoms with Crippen molar-refractivity contribution in [1.29, 1.82) is 0 Å². The highest BCUT2D eigenvalue weighted by Crippen LogP contribution is 2.22. The molecule has 2 rings (SSSR count). The fourth-order valence-electron chi connectivity index (χ4n) is 2.42. The topological polar surface area (TPSA) is 55.6 Å². The predicted octanol–water partition coefficient (Wildman–Crippen LogP) is 1.95. The molecule has 1 saturated heterocycles. The Kier molecular flexibility index (Phi) is 4.75. The van der Waals surface area contributed by atoms with Gasteiger partial charge in [-0.25, -0.2) is 4.98 Å². The molecule has 1 aromatic rings. The molecular formula is C13H20N2O3. The Hall–Kier alpha value is -1.36. The van der Waals surface area contributed by atoms with Gasteiger partial charge in [0.05, 0.1) is 6.20 Å². The van der Waals surface area contributed by atoms with Gasteiger partial charge in [-0.15, -0.1) is 0 Å². The first-order valence-corrected chi connectivity index (χ1v) is 6.48. The maximum atomic E-state index is 12.0. The minimum atomic E-state index is -0.0390. The number of oxazole rings is 1. The zero-order valence-corrected chi connectivity index (χ0v) is 10.8. The number of piperidine rings is 1. The van der Waals surface area contributed by atoms with E-state index < -0.39 is 0 Å². The van der Waals surface area contributed by atoms with E-state index in [1.165, 1.54) is 19.0 Å². The molecule has 0 unspecified atom stereocenters. The van der Waals surface area contributed by atoms with Crippen LogP contribution in [0.2, 0.25) is 0 Å². The lowest BCUT2D eigenvalue weighted by Crippen LogP contribution is -2.38. The molecule has 1 fully saturated rings. The van der Waals surface area contributed by atoms with Gasteiger partial charge in [-0.1, -0.05) is 0 Å². The summed E-state index contributed by atoms with van der Waals surface area (Å²) in [6, 6.07) is 0. The molecule has 2 heterocycles. The van der Waals surface area contributed by atoms with E-state index in [1.54, 1.807) is 7.11 Å². The van der Waals surface area contributed by atoms with Crippen LogP contribution in [-0.2, 0) is 4.74 Å². The number of carbonyl (C=O) groups excluding carboxylic acids is 1. The van der Waals surface area contributed by atoms with Crippen LogP contribution in [0.1, 0.15) is 36.2 Å².